The molecule has 162 valence electrons. The van der Waals surface area contributed by atoms with Gasteiger partial charge in [0.25, 0.3) is 0 Å². The highest BCUT2D eigenvalue weighted by Crippen LogP contribution is 2.08. The van der Waals surface area contributed by atoms with E-state index >= 15 is 0 Å². The van der Waals surface area contributed by atoms with Gasteiger partial charge in [-0.2, -0.15) is 12.6 Å². The lowest BCUT2D eigenvalue weighted by Crippen LogP contribution is -2.57. The molecule has 0 aliphatic heterocycles. The molecule has 6 N–H and O–H groups in total. The molecule has 5 unspecified atom stereocenters. The lowest BCUT2D eigenvalue weighted by Gasteiger charge is -2.25. The number of hydrogen-bond donors (Lipinski definition) is 6. The third-order valence-electron chi connectivity index (χ3n) is 4.41. The highest BCUT2D eigenvalue weighted by Gasteiger charge is 2.30. The number of thiol groups is 1. The molecule has 0 aliphatic rings. The number of aliphatic carboxylic acids is 1. The van der Waals surface area contributed by atoms with Gasteiger partial charge in [0.1, 0.15) is 18.1 Å². The first kappa shape index (κ1) is 26.2. The average Bonchev–Trinajstić information content (AvgIpc) is 2.61. The minimum Gasteiger partial charge on any atom is -0.480 e. The van der Waals surface area contributed by atoms with Crippen LogP contribution in [0, 0.1) is 11.8 Å². The Hall–Kier alpha value is -1.81. The molecule has 9 nitrogen and oxygen atoms in total. The first-order valence-corrected chi connectivity index (χ1v) is 10.1. The summed E-state index contributed by atoms with van der Waals surface area (Å²) >= 11 is 4.06. The number of nitrogens with one attached hydrogen (secondary N) is 3. The van der Waals surface area contributed by atoms with E-state index in [0.717, 1.165) is 0 Å². The van der Waals surface area contributed by atoms with Gasteiger partial charge in [-0.05, 0) is 25.2 Å². The van der Waals surface area contributed by atoms with Crippen molar-refractivity contribution in [3.8, 4) is 0 Å². The lowest BCUT2D eigenvalue weighted by atomic mass is 9.99. The fourth-order valence-electron chi connectivity index (χ4n) is 2.43. The summed E-state index contributed by atoms with van der Waals surface area (Å²) in [6.07, 6.45) is 1.04. The van der Waals surface area contributed by atoms with Crippen molar-refractivity contribution in [1.82, 2.24) is 16.0 Å². The molecule has 0 fully saturated rings. The molecule has 0 rings (SSSR count). The van der Waals surface area contributed by atoms with Gasteiger partial charge in [-0.25, -0.2) is 4.79 Å². The first-order valence-electron chi connectivity index (χ1n) is 9.44. The van der Waals surface area contributed by atoms with E-state index in [2.05, 4.69) is 28.6 Å². The molecule has 28 heavy (non-hydrogen) atoms. The van der Waals surface area contributed by atoms with Crippen molar-refractivity contribution in [2.45, 2.75) is 71.6 Å². The van der Waals surface area contributed by atoms with Crippen LogP contribution in [0.5, 0.6) is 0 Å². The summed E-state index contributed by atoms with van der Waals surface area (Å²) in [5, 5.41) is 16.7. The highest BCUT2D eigenvalue weighted by atomic mass is 32.1. The summed E-state index contributed by atoms with van der Waals surface area (Å²) in [7, 11) is 0. The van der Waals surface area contributed by atoms with Gasteiger partial charge in [-0.3, -0.25) is 14.4 Å². The Bertz CT molecular complexity index is 558. The van der Waals surface area contributed by atoms with Crippen LogP contribution in [0.2, 0.25) is 0 Å². The predicted octanol–water partition coefficient (Wildman–Crippen LogP) is -0.105. The third-order valence-corrected chi connectivity index (χ3v) is 4.77. The Kier molecular flexibility index (Phi) is 11.8. The molecule has 0 aromatic carbocycles. The molecule has 0 bridgehead atoms. The maximum atomic E-state index is 12.4. The molecule has 0 spiro atoms. The Morgan fingerprint density at radius 3 is 1.96 bits per heavy atom. The number of carboxylic acids is 1. The van der Waals surface area contributed by atoms with Gasteiger partial charge < -0.3 is 26.8 Å². The second kappa shape index (κ2) is 12.6. The number of carbonyl (C=O) groups is 4. The SMILES string of the molecule is CCC(C)C(NC(=O)C(CS)NC(=O)C(C)NC(=O)C(N)CC(C)C)C(=O)O. The van der Waals surface area contributed by atoms with Crippen LogP contribution in [0.1, 0.15) is 47.5 Å². The quantitative estimate of drug-likeness (QED) is 0.244. The zero-order chi connectivity index (χ0) is 22.0. The molecule has 0 saturated heterocycles. The van der Waals surface area contributed by atoms with E-state index in [-0.39, 0.29) is 17.6 Å². The fraction of sp³-hybridized carbons (Fsp3) is 0.778. The Balaban J connectivity index is 4.86. The Labute approximate surface area is 172 Å². The van der Waals surface area contributed by atoms with Crippen LogP contribution in [0.25, 0.3) is 0 Å². The normalized spacial score (nSPS) is 16.4. The van der Waals surface area contributed by atoms with Crippen molar-refractivity contribution in [1.29, 1.82) is 0 Å². The van der Waals surface area contributed by atoms with Gasteiger partial charge in [0.05, 0.1) is 6.04 Å². The maximum absolute atomic E-state index is 12.4. The second-order valence-corrected chi connectivity index (χ2v) is 7.79. The monoisotopic (exact) mass is 418 g/mol. The van der Waals surface area contributed by atoms with Crippen molar-refractivity contribution in [3.63, 3.8) is 0 Å². The average molecular weight is 419 g/mol. The van der Waals surface area contributed by atoms with E-state index in [1.165, 1.54) is 6.92 Å². The zero-order valence-corrected chi connectivity index (χ0v) is 18.1. The number of rotatable bonds is 12. The molecule has 0 aromatic rings. The van der Waals surface area contributed by atoms with E-state index in [0.29, 0.717) is 12.8 Å². The number of nitrogens with two attached hydrogens (primary N) is 1. The molecular weight excluding hydrogens is 384 g/mol. The standard InChI is InChI=1S/C18H34N4O5S/c1-6-10(4)14(18(26)27)22-17(25)13(8-28)21-15(23)11(5)20-16(24)12(19)7-9(2)3/h9-14,28H,6-8,19H2,1-5H3,(H,20,24)(H,21,23)(H,22,25)(H,26,27). The molecule has 0 aromatic heterocycles. The van der Waals surface area contributed by atoms with Gasteiger partial charge in [0.15, 0.2) is 0 Å². The molecule has 0 saturated carbocycles. The van der Waals surface area contributed by atoms with Crippen molar-refractivity contribution >= 4 is 36.3 Å². The molecule has 5 atom stereocenters. The Morgan fingerprint density at radius 1 is 0.964 bits per heavy atom. The van der Waals surface area contributed by atoms with E-state index in [4.69, 9.17) is 5.73 Å². The lowest BCUT2D eigenvalue weighted by molar-refractivity contribution is -0.143. The summed E-state index contributed by atoms with van der Waals surface area (Å²) in [4.78, 5) is 48.1. The molecular formula is C18H34N4O5S. The van der Waals surface area contributed by atoms with Gasteiger partial charge in [0, 0.05) is 5.75 Å². The van der Waals surface area contributed by atoms with Gasteiger partial charge in [-0.1, -0.05) is 34.1 Å². The van der Waals surface area contributed by atoms with Crippen molar-refractivity contribution < 1.29 is 24.3 Å². The second-order valence-electron chi connectivity index (χ2n) is 7.42. The van der Waals surface area contributed by atoms with Gasteiger partial charge >= 0.3 is 5.97 Å². The molecule has 3 amide bonds. The molecule has 0 radical (unpaired) electrons. The first-order chi connectivity index (χ1) is 12.9. The maximum Gasteiger partial charge on any atom is 0.326 e. The minimum atomic E-state index is -1.15. The minimum absolute atomic E-state index is 0.0298. The molecule has 0 aliphatic carbocycles. The predicted molar refractivity (Wildman–Crippen MR) is 110 cm³/mol. The van der Waals surface area contributed by atoms with Crippen LogP contribution in [-0.2, 0) is 19.2 Å². The van der Waals surface area contributed by atoms with E-state index in [9.17, 15) is 24.3 Å². The van der Waals surface area contributed by atoms with Crippen LogP contribution in [0.4, 0.5) is 0 Å². The van der Waals surface area contributed by atoms with Gasteiger partial charge in [0.2, 0.25) is 17.7 Å². The molecule has 0 heterocycles. The number of hydrogen-bond acceptors (Lipinski definition) is 6. The zero-order valence-electron chi connectivity index (χ0n) is 17.2. The summed E-state index contributed by atoms with van der Waals surface area (Å²) < 4.78 is 0. The summed E-state index contributed by atoms with van der Waals surface area (Å²) in [6.45, 7) is 8.87. The number of carbonyl (C=O) groups excluding carboxylic acids is 3. The fourth-order valence-corrected chi connectivity index (χ4v) is 2.69. The largest absolute Gasteiger partial charge is 0.480 e. The van der Waals surface area contributed by atoms with E-state index < -0.39 is 47.9 Å². The van der Waals surface area contributed by atoms with Crippen LogP contribution < -0.4 is 21.7 Å². The van der Waals surface area contributed by atoms with Crippen molar-refractivity contribution in [3.05, 3.63) is 0 Å². The summed E-state index contributed by atoms with van der Waals surface area (Å²) in [5.74, 6) is -2.91. The highest BCUT2D eigenvalue weighted by molar-refractivity contribution is 7.80. The van der Waals surface area contributed by atoms with E-state index in [1.807, 2.05) is 20.8 Å². The van der Waals surface area contributed by atoms with Gasteiger partial charge in [-0.15, -0.1) is 0 Å². The van der Waals surface area contributed by atoms with Crippen molar-refractivity contribution in [2.24, 2.45) is 17.6 Å². The topological polar surface area (TPSA) is 151 Å². The smallest absolute Gasteiger partial charge is 0.326 e. The van der Waals surface area contributed by atoms with Crippen LogP contribution in [0.15, 0.2) is 0 Å². The van der Waals surface area contributed by atoms with E-state index in [1.54, 1.807) is 6.92 Å². The summed E-state index contributed by atoms with van der Waals surface area (Å²) in [5.41, 5.74) is 5.79. The van der Waals surface area contributed by atoms with Crippen LogP contribution >= 0.6 is 12.6 Å². The Morgan fingerprint density at radius 2 is 1.54 bits per heavy atom. The van der Waals surface area contributed by atoms with Crippen LogP contribution in [-0.4, -0.2) is 58.7 Å². The van der Waals surface area contributed by atoms with Crippen molar-refractivity contribution in [2.75, 3.05) is 5.75 Å². The summed E-state index contributed by atoms with van der Waals surface area (Å²) in [6, 6.07) is -3.75. The number of amides is 3. The molecule has 10 heteroatoms. The van der Waals surface area contributed by atoms with Crippen LogP contribution in [0.3, 0.4) is 0 Å². The number of carboxylic acid groups (broad SMARTS) is 1. The third kappa shape index (κ3) is 8.92.